The Balaban J connectivity index is 2.45. The third-order valence-corrected chi connectivity index (χ3v) is 3.37. The Morgan fingerprint density at radius 2 is 1.45 bits per heavy atom. The highest BCUT2D eigenvalue weighted by molar-refractivity contribution is 6.30. The zero-order chi connectivity index (χ0) is 14.9. The average molecular weight is 317 g/mol. The molecule has 2 rings (SSSR count). The third kappa shape index (κ3) is 3.05. The van der Waals surface area contributed by atoms with Gasteiger partial charge in [0.25, 0.3) is 0 Å². The predicted octanol–water partition coefficient (Wildman–Crippen LogP) is 5.77. The molecular weight excluding hydrogens is 305 g/mol. The minimum Gasteiger partial charge on any atom is -0.451 e. The fourth-order valence-electron chi connectivity index (χ4n) is 1.95. The number of halogens is 4. The van der Waals surface area contributed by atoms with Crippen LogP contribution in [0, 0.1) is 25.5 Å². The SMILES string of the molecule is Cc1cc(Cl)cc(C)c1Oc1c(F)cc(CCl)cc1F. The van der Waals surface area contributed by atoms with Gasteiger partial charge in [-0.05, 0) is 54.8 Å². The van der Waals surface area contributed by atoms with Gasteiger partial charge in [-0.1, -0.05) is 11.6 Å². The fourth-order valence-corrected chi connectivity index (χ4v) is 2.43. The van der Waals surface area contributed by atoms with Crippen molar-refractivity contribution in [3.63, 3.8) is 0 Å². The van der Waals surface area contributed by atoms with Crippen LogP contribution < -0.4 is 4.74 Å². The summed E-state index contributed by atoms with van der Waals surface area (Å²) in [6.45, 7) is 3.52. The number of ether oxygens (including phenoxy) is 1. The zero-order valence-corrected chi connectivity index (χ0v) is 12.4. The fraction of sp³-hybridized carbons (Fsp3) is 0.200. The van der Waals surface area contributed by atoms with Crippen LogP contribution in [0.4, 0.5) is 8.78 Å². The summed E-state index contributed by atoms with van der Waals surface area (Å²) in [5, 5.41) is 0.547. The number of hydrogen-bond donors (Lipinski definition) is 0. The molecule has 0 unspecified atom stereocenters. The molecule has 106 valence electrons. The average Bonchev–Trinajstić information content (AvgIpc) is 2.35. The van der Waals surface area contributed by atoms with Crippen molar-refractivity contribution in [3.05, 3.63) is 57.6 Å². The molecule has 0 radical (unpaired) electrons. The summed E-state index contributed by atoms with van der Waals surface area (Å²) in [6, 6.07) is 5.66. The first-order valence-corrected chi connectivity index (χ1v) is 6.82. The molecule has 0 amide bonds. The molecule has 0 aromatic heterocycles. The molecule has 0 N–H and O–H groups in total. The van der Waals surface area contributed by atoms with Crippen molar-refractivity contribution in [3.8, 4) is 11.5 Å². The monoisotopic (exact) mass is 316 g/mol. The van der Waals surface area contributed by atoms with Gasteiger partial charge >= 0.3 is 0 Å². The normalized spacial score (nSPS) is 10.7. The molecule has 0 aliphatic heterocycles. The van der Waals surface area contributed by atoms with E-state index in [0.29, 0.717) is 27.5 Å². The molecule has 0 bridgehead atoms. The van der Waals surface area contributed by atoms with Crippen molar-refractivity contribution in [2.45, 2.75) is 19.7 Å². The largest absolute Gasteiger partial charge is 0.451 e. The lowest BCUT2D eigenvalue weighted by molar-refractivity contribution is 0.402. The molecule has 0 saturated heterocycles. The molecule has 0 spiro atoms. The van der Waals surface area contributed by atoms with Crippen LogP contribution >= 0.6 is 23.2 Å². The molecule has 2 aromatic carbocycles. The van der Waals surface area contributed by atoms with Crippen LogP contribution in [-0.2, 0) is 5.88 Å². The van der Waals surface area contributed by atoms with Gasteiger partial charge in [0.2, 0.25) is 0 Å². The van der Waals surface area contributed by atoms with Gasteiger partial charge in [-0.3, -0.25) is 0 Å². The van der Waals surface area contributed by atoms with E-state index in [1.165, 1.54) is 0 Å². The molecule has 1 nitrogen and oxygen atoms in total. The summed E-state index contributed by atoms with van der Waals surface area (Å²) >= 11 is 11.5. The van der Waals surface area contributed by atoms with Crippen molar-refractivity contribution in [2.24, 2.45) is 0 Å². The number of aryl methyl sites for hydroxylation is 2. The summed E-state index contributed by atoms with van der Waals surface area (Å²) in [7, 11) is 0. The molecule has 0 aliphatic carbocycles. The van der Waals surface area contributed by atoms with Crippen molar-refractivity contribution < 1.29 is 13.5 Å². The first kappa shape index (κ1) is 15.1. The zero-order valence-electron chi connectivity index (χ0n) is 10.9. The second kappa shape index (κ2) is 5.98. The van der Waals surface area contributed by atoms with Crippen molar-refractivity contribution in [2.75, 3.05) is 0 Å². The minimum atomic E-state index is -0.783. The smallest absolute Gasteiger partial charge is 0.198 e. The van der Waals surface area contributed by atoms with E-state index in [1.807, 2.05) is 0 Å². The quantitative estimate of drug-likeness (QED) is 0.653. The number of hydrogen-bond acceptors (Lipinski definition) is 1. The van der Waals surface area contributed by atoms with Crippen molar-refractivity contribution >= 4 is 23.2 Å². The molecule has 20 heavy (non-hydrogen) atoms. The molecule has 0 fully saturated rings. The lowest BCUT2D eigenvalue weighted by atomic mass is 10.1. The minimum absolute atomic E-state index is 0.0348. The lowest BCUT2D eigenvalue weighted by Crippen LogP contribution is -1.98. The van der Waals surface area contributed by atoms with Crippen LogP contribution in [0.2, 0.25) is 5.02 Å². The van der Waals surface area contributed by atoms with E-state index in [9.17, 15) is 8.78 Å². The molecule has 5 heteroatoms. The summed E-state index contributed by atoms with van der Waals surface area (Å²) in [5.41, 5.74) is 1.77. The standard InChI is InChI=1S/C15H12Cl2F2O/c1-8-3-11(17)4-9(2)14(8)20-15-12(18)5-10(7-16)6-13(15)19/h3-6H,7H2,1-2H3. The van der Waals surface area contributed by atoms with Gasteiger partial charge in [0, 0.05) is 10.9 Å². The maximum atomic E-state index is 13.9. The molecule has 0 aliphatic rings. The van der Waals surface area contributed by atoms with Gasteiger partial charge in [0.15, 0.2) is 17.4 Å². The summed E-state index contributed by atoms with van der Waals surface area (Å²) in [4.78, 5) is 0. The number of benzene rings is 2. The summed E-state index contributed by atoms with van der Waals surface area (Å²) < 4.78 is 33.2. The Kier molecular flexibility index (Phi) is 4.51. The van der Waals surface area contributed by atoms with E-state index in [4.69, 9.17) is 27.9 Å². The summed E-state index contributed by atoms with van der Waals surface area (Å²) in [6.07, 6.45) is 0. The third-order valence-electron chi connectivity index (χ3n) is 2.84. The van der Waals surface area contributed by atoms with E-state index in [1.54, 1.807) is 26.0 Å². The first-order valence-electron chi connectivity index (χ1n) is 5.91. The molecule has 0 heterocycles. The van der Waals surface area contributed by atoms with Gasteiger partial charge in [0.05, 0.1) is 0 Å². The Labute approximate surface area is 126 Å². The van der Waals surface area contributed by atoms with E-state index in [2.05, 4.69) is 0 Å². The van der Waals surface area contributed by atoms with Crippen LogP contribution in [-0.4, -0.2) is 0 Å². The highest BCUT2D eigenvalue weighted by Gasteiger charge is 2.16. The van der Waals surface area contributed by atoms with Crippen LogP contribution in [0.25, 0.3) is 0 Å². The van der Waals surface area contributed by atoms with Crippen molar-refractivity contribution in [1.82, 2.24) is 0 Å². The number of alkyl halides is 1. The van der Waals surface area contributed by atoms with Gasteiger partial charge < -0.3 is 4.74 Å². The molecular formula is C15H12Cl2F2O. The lowest BCUT2D eigenvalue weighted by Gasteiger charge is -2.14. The van der Waals surface area contributed by atoms with Crippen LogP contribution in [0.1, 0.15) is 16.7 Å². The Hall–Kier alpha value is -1.32. The number of rotatable bonds is 3. The van der Waals surface area contributed by atoms with Gasteiger partial charge in [-0.2, -0.15) is 0 Å². The van der Waals surface area contributed by atoms with Crippen LogP contribution in [0.3, 0.4) is 0 Å². The van der Waals surface area contributed by atoms with Crippen LogP contribution in [0.5, 0.6) is 11.5 Å². The van der Waals surface area contributed by atoms with E-state index in [-0.39, 0.29) is 5.88 Å². The maximum absolute atomic E-state index is 13.9. The Bertz CT molecular complexity index is 610. The Morgan fingerprint density at radius 3 is 1.90 bits per heavy atom. The van der Waals surface area contributed by atoms with Crippen molar-refractivity contribution in [1.29, 1.82) is 0 Å². The van der Waals surface area contributed by atoms with E-state index >= 15 is 0 Å². The van der Waals surface area contributed by atoms with Gasteiger partial charge in [0.1, 0.15) is 5.75 Å². The van der Waals surface area contributed by atoms with E-state index < -0.39 is 17.4 Å². The highest BCUT2D eigenvalue weighted by Crippen LogP contribution is 2.34. The maximum Gasteiger partial charge on any atom is 0.198 e. The molecule has 0 saturated carbocycles. The van der Waals surface area contributed by atoms with Gasteiger partial charge in [-0.25, -0.2) is 8.78 Å². The molecule has 2 aromatic rings. The topological polar surface area (TPSA) is 9.23 Å². The second-order valence-electron chi connectivity index (χ2n) is 4.49. The van der Waals surface area contributed by atoms with Gasteiger partial charge in [-0.15, -0.1) is 11.6 Å². The second-order valence-corrected chi connectivity index (χ2v) is 5.20. The predicted molar refractivity (Wildman–Crippen MR) is 76.9 cm³/mol. The summed E-state index contributed by atoms with van der Waals surface area (Å²) in [5.74, 6) is -1.57. The molecule has 0 atom stereocenters. The van der Waals surface area contributed by atoms with E-state index in [0.717, 1.165) is 12.1 Å². The first-order chi connectivity index (χ1) is 9.42. The Morgan fingerprint density at radius 1 is 0.950 bits per heavy atom. The highest BCUT2D eigenvalue weighted by atomic mass is 35.5. The van der Waals surface area contributed by atoms with Crippen LogP contribution in [0.15, 0.2) is 24.3 Å².